The van der Waals surface area contributed by atoms with E-state index in [0.29, 0.717) is 5.92 Å². The van der Waals surface area contributed by atoms with Crippen LogP contribution >= 0.6 is 0 Å². The van der Waals surface area contributed by atoms with Crippen LogP contribution in [0, 0.1) is 5.92 Å². The predicted molar refractivity (Wildman–Crippen MR) is 59.6 cm³/mol. The summed E-state index contributed by atoms with van der Waals surface area (Å²) in [5.74, 6) is 2.46. The number of fused-ring (bicyclic) bond motifs is 1. The molecule has 5 heteroatoms. The van der Waals surface area contributed by atoms with E-state index in [4.69, 9.17) is 4.74 Å². The minimum Gasteiger partial charge on any atom is -0.482 e. The van der Waals surface area contributed by atoms with Crippen LogP contribution in [0.15, 0.2) is 18.2 Å². The number of aromatic nitrogens is 3. The number of rotatable bonds is 3. The van der Waals surface area contributed by atoms with Crippen LogP contribution in [0.1, 0.15) is 5.82 Å². The molecule has 0 saturated carbocycles. The Morgan fingerprint density at radius 1 is 1.44 bits per heavy atom. The highest BCUT2D eigenvalue weighted by atomic mass is 16.5. The predicted octanol–water partition coefficient (Wildman–Crippen LogP) is 0.500. The molecule has 3 rings (SSSR count). The summed E-state index contributed by atoms with van der Waals surface area (Å²) in [5, 5.41) is 11.6. The third-order valence-corrected chi connectivity index (χ3v) is 3.01. The first-order valence-corrected chi connectivity index (χ1v) is 5.46. The van der Waals surface area contributed by atoms with Crippen LogP contribution < -0.4 is 10.1 Å². The molecule has 1 aliphatic rings. The van der Waals surface area contributed by atoms with E-state index in [9.17, 15) is 0 Å². The van der Waals surface area contributed by atoms with E-state index in [2.05, 4.69) is 15.5 Å². The van der Waals surface area contributed by atoms with Crippen LogP contribution in [0.25, 0.3) is 5.65 Å². The van der Waals surface area contributed by atoms with Gasteiger partial charge in [-0.2, -0.15) is 0 Å². The lowest BCUT2D eigenvalue weighted by Crippen LogP contribution is -2.43. The number of nitrogens with one attached hydrogen (secondary N) is 1. The molecule has 16 heavy (non-hydrogen) atoms. The highest BCUT2D eigenvalue weighted by Gasteiger charge is 2.20. The molecular weight excluding hydrogens is 204 g/mol. The first-order chi connectivity index (χ1) is 7.88. The maximum absolute atomic E-state index is 5.33. The SMILES string of the molecule is COc1cccc2nnc(CC3CNC3)n12. The Kier molecular flexibility index (Phi) is 2.25. The van der Waals surface area contributed by atoms with Crippen LogP contribution in [0.3, 0.4) is 0 Å². The molecule has 0 radical (unpaired) electrons. The fraction of sp³-hybridized carbons (Fsp3) is 0.455. The van der Waals surface area contributed by atoms with E-state index in [-0.39, 0.29) is 0 Å². The summed E-state index contributed by atoms with van der Waals surface area (Å²) in [4.78, 5) is 0. The standard InChI is InChI=1S/C11H14N4O/c1-16-11-4-2-3-9-13-14-10(15(9)11)5-8-6-12-7-8/h2-4,8,12H,5-7H2,1H3. The molecule has 0 amide bonds. The summed E-state index contributed by atoms with van der Waals surface area (Å²) >= 11 is 0. The summed E-state index contributed by atoms with van der Waals surface area (Å²) in [7, 11) is 1.67. The van der Waals surface area contributed by atoms with Crippen LogP contribution in [0.2, 0.25) is 0 Å². The number of hydrogen-bond acceptors (Lipinski definition) is 4. The van der Waals surface area contributed by atoms with Gasteiger partial charge in [0.15, 0.2) is 5.65 Å². The Bertz CT molecular complexity index is 504. The van der Waals surface area contributed by atoms with Gasteiger partial charge in [-0.3, -0.25) is 0 Å². The fourth-order valence-corrected chi connectivity index (χ4v) is 2.01. The molecule has 2 aromatic heterocycles. The summed E-state index contributed by atoms with van der Waals surface area (Å²) in [6.45, 7) is 2.15. The third-order valence-electron chi connectivity index (χ3n) is 3.01. The van der Waals surface area contributed by atoms with Gasteiger partial charge in [0.25, 0.3) is 0 Å². The van der Waals surface area contributed by atoms with E-state index in [1.54, 1.807) is 7.11 Å². The molecule has 84 valence electrons. The number of pyridine rings is 1. The van der Waals surface area contributed by atoms with Gasteiger partial charge in [-0.1, -0.05) is 6.07 Å². The molecule has 0 unspecified atom stereocenters. The number of hydrogen-bond donors (Lipinski definition) is 1. The molecule has 1 fully saturated rings. The van der Waals surface area contributed by atoms with Crippen molar-refractivity contribution in [1.82, 2.24) is 19.9 Å². The van der Waals surface area contributed by atoms with Crippen LogP contribution in [-0.2, 0) is 6.42 Å². The van der Waals surface area contributed by atoms with Gasteiger partial charge in [0, 0.05) is 6.42 Å². The maximum atomic E-state index is 5.33. The van der Waals surface area contributed by atoms with Crippen LogP contribution in [0.4, 0.5) is 0 Å². The van der Waals surface area contributed by atoms with Crippen LogP contribution in [-0.4, -0.2) is 34.8 Å². The van der Waals surface area contributed by atoms with Crippen molar-refractivity contribution in [3.05, 3.63) is 24.0 Å². The summed E-state index contributed by atoms with van der Waals surface area (Å²) in [5.41, 5.74) is 0.849. The second kappa shape index (κ2) is 3.75. The largest absolute Gasteiger partial charge is 0.482 e. The smallest absolute Gasteiger partial charge is 0.200 e. The fourth-order valence-electron chi connectivity index (χ4n) is 2.01. The van der Waals surface area contributed by atoms with Gasteiger partial charge in [0.2, 0.25) is 5.88 Å². The first-order valence-electron chi connectivity index (χ1n) is 5.46. The van der Waals surface area contributed by atoms with E-state index < -0.39 is 0 Å². The van der Waals surface area contributed by atoms with Crippen molar-refractivity contribution in [1.29, 1.82) is 0 Å². The lowest BCUT2D eigenvalue weighted by Gasteiger charge is -2.26. The molecular formula is C11H14N4O. The number of ether oxygens (including phenoxy) is 1. The summed E-state index contributed by atoms with van der Waals surface area (Å²) < 4.78 is 7.31. The Balaban J connectivity index is 2.02. The Labute approximate surface area is 93.4 Å². The lowest BCUT2D eigenvalue weighted by molar-refractivity contribution is 0.336. The minimum atomic E-state index is 0.678. The second-order valence-corrected chi connectivity index (χ2v) is 4.11. The monoisotopic (exact) mass is 218 g/mol. The van der Waals surface area contributed by atoms with Gasteiger partial charge in [-0.15, -0.1) is 10.2 Å². The zero-order valence-electron chi connectivity index (χ0n) is 9.18. The Hall–Kier alpha value is -1.62. The average Bonchev–Trinajstić information content (AvgIpc) is 2.66. The summed E-state index contributed by atoms with van der Waals surface area (Å²) in [6.07, 6.45) is 0.953. The highest BCUT2D eigenvalue weighted by molar-refractivity contribution is 5.42. The maximum Gasteiger partial charge on any atom is 0.200 e. The molecule has 0 atom stereocenters. The Morgan fingerprint density at radius 3 is 3.00 bits per heavy atom. The van der Waals surface area contributed by atoms with Gasteiger partial charge < -0.3 is 10.1 Å². The molecule has 2 aromatic rings. The van der Waals surface area contributed by atoms with Gasteiger partial charge in [-0.25, -0.2) is 4.40 Å². The topological polar surface area (TPSA) is 51.5 Å². The first kappa shape index (κ1) is 9.59. The molecule has 3 heterocycles. The van der Waals surface area contributed by atoms with E-state index in [1.165, 1.54) is 0 Å². The zero-order valence-corrected chi connectivity index (χ0v) is 9.18. The quantitative estimate of drug-likeness (QED) is 0.815. The normalized spacial score (nSPS) is 16.3. The van der Waals surface area contributed by atoms with Gasteiger partial charge in [0.05, 0.1) is 7.11 Å². The minimum absolute atomic E-state index is 0.678. The van der Waals surface area contributed by atoms with Crippen molar-refractivity contribution in [2.45, 2.75) is 6.42 Å². The average molecular weight is 218 g/mol. The number of nitrogens with zero attached hydrogens (tertiary/aromatic N) is 3. The summed E-state index contributed by atoms with van der Waals surface area (Å²) in [6, 6.07) is 5.80. The van der Waals surface area contributed by atoms with Crippen molar-refractivity contribution in [2.75, 3.05) is 20.2 Å². The van der Waals surface area contributed by atoms with Gasteiger partial charge >= 0.3 is 0 Å². The molecule has 0 aromatic carbocycles. The van der Waals surface area contributed by atoms with Gasteiger partial charge in [0.1, 0.15) is 5.82 Å². The molecule has 0 aliphatic carbocycles. The second-order valence-electron chi connectivity index (χ2n) is 4.11. The van der Waals surface area contributed by atoms with Crippen LogP contribution in [0.5, 0.6) is 5.88 Å². The molecule has 5 nitrogen and oxygen atoms in total. The molecule has 0 spiro atoms. The van der Waals surface area contributed by atoms with E-state index >= 15 is 0 Å². The van der Waals surface area contributed by atoms with Gasteiger partial charge in [-0.05, 0) is 31.1 Å². The highest BCUT2D eigenvalue weighted by Crippen LogP contribution is 2.18. The molecule has 1 aliphatic heterocycles. The van der Waals surface area contributed by atoms with Crippen molar-refractivity contribution in [3.63, 3.8) is 0 Å². The van der Waals surface area contributed by atoms with E-state index in [1.807, 2.05) is 22.6 Å². The van der Waals surface area contributed by atoms with Crippen molar-refractivity contribution in [2.24, 2.45) is 5.92 Å². The van der Waals surface area contributed by atoms with Crippen molar-refractivity contribution < 1.29 is 4.74 Å². The third kappa shape index (κ3) is 1.44. The molecule has 1 saturated heterocycles. The van der Waals surface area contributed by atoms with Crippen molar-refractivity contribution in [3.8, 4) is 5.88 Å². The molecule has 0 bridgehead atoms. The van der Waals surface area contributed by atoms with E-state index in [0.717, 1.165) is 36.9 Å². The number of methoxy groups -OCH3 is 1. The zero-order chi connectivity index (χ0) is 11.0. The lowest BCUT2D eigenvalue weighted by atomic mass is 9.99. The Morgan fingerprint density at radius 2 is 2.31 bits per heavy atom. The van der Waals surface area contributed by atoms with Crippen molar-refractivity contribution >= 4 is 5.65 Å². The molecule has 1 N–H and O–H groups in total.